The number of carbonyl (C=O) groups is 2. The highest BCUT2D eigenvalue weighted by Gasteiger charge is 2.61. The standard InChI is InChI=1S/C19H21NO2S/c1-13(21)16-9-14(10-23-16)17(22)20-12-19(11-18(19,2)3)15-7-5-4-6-8-15/h4-10H,11-12H2,1-3H3,(H,20,22). The predicted molar refractivity (Wildman–Crippen MR) is 93.2 cm³/mol. The number of nitrogens with one attached hydrogen (secondary N) is 1. The van der Waals surface area contributed by atoms with Crippen LogP contribution in [0.1, 0.15) is 52.8 Å². The van der Waals surface area contributed by atoms with Gasteiger partial charge in [-0.3, -0.25) is 9.59 Å². The molecule has 1 aliphatic carbocycles. The van der Waals surface area contributed by atoms with E-state index in [1.54, 1.807) is 11.4 Å². The average Bonchev–Trinajstić information content (AvgIpc) is 2.90. The molecule has 1 fully saturated rings. The lowest BCUT2D eigenvalue weighted by atomic mass is 9.88. The summed E-state index contributed by atoms with van der Waals surface area (Å²) >= 11 is 1.32. The lowest BCUT2D eigenvalue weighted by molar-refractivity contribution is 0.0948. The topological polar surface area (TPSA) is 46.2 Å². The van der Waals surface area contributed by atoms with Gasteiger partial charge in [-0.15, -0.1) is 11.3 Å². The van der Waals surface area contributed by atoms with E-state index in [4.69, 9.17) is 0 Å². The third-order valence-corrected chi connectivity index (χ3v) is 6.03. The second-order valence-electron chi connectivity index (χ2n) is 6.95. The molecule has 0 radical (unpaired) electrons. The fraction of sp³-hybridized carbons (Fsp3) is 0.368. The molecular formula is C19H21NO2S. The van der Waals surface area contributed by atoms with E-state index in [0.717, 1.165) is 6.42 Å². The molecule has 1 N–H and O–H groups in total. The van der Waals surface area contributed by atoms with E-state index in [1.165, 1.54) is 23.8 Å². The fourth-order valence-corrected chi connectivity index (χ4v) is 4.13. The molecule has 1 aromatic heterocycles. The Bertz CT molecular complexity index is 748. The quantitative estimate of drug-likeness (QED) is 0.842. The first-order valence-electron chi connectivity index (χ1n) is 7.79. The lowest BCUT2D eigenvalue weighted by Gasteiger charge is -2.21. The Hall–Kier alpha value is -1.94. The van der Waals surface area contributed by atoms with Crippen LogP contribution in [-0.2, 0) is 5.41 Å². The molecule has 1 amide bonds. The SMILES string of the molecule is CC(=O)c1cc(C(=O)NCC2(c3ccccc3)CC2(C)C)cs1. The second kappa shape index (κ2) is 5.60. The number of rotatable bonds is 5. The summed E-state index contributed by atoms with van der Waals surface area (Å²) in [6.07, 6.45) is 1.06. The Balaban J connectivity index is 1.73. The zero-order chi connectivity index (χ0) is 16.7. The van der Waals surface area contributed by atoms with Crippen molar-refractivity contribution in [3.8, 4) is 0 Å². The van der Waals surface area contributed by atoms with Gasteiger partial charge in [-0.2, -0.15) is 0 Å². The smallest absolute Gasteiger partial charge is 0.252 e. The van der Waals surface area contributed by atoms with E-state index in [-0.39, 0.29) is 22.5 Å². The molecule has 0 bridgehead atoms. The molecule has 1 saturated carbocycles. The van der Waals surface area contributed by atoms with Crippen LogP contribution < -0.4 is 5.32 Å². The monoisotopic (exact) mass is 327 g/mol. The molecule has 1 heterocycles. The number of amides is 1. The van der Waals surface area contributed by atoms with E-state index in [0.29, 0.717) is 17.0 Å². The molecule has 4 heteroatoms. The maximum atomic E-state index is 12.4. The number of Topliss-reactive ketones (excluding diaryl/α,β-unsaturated/α-hetero) is 1. The van der Waals surface area contributed by atoms with Crippen molar-refractivity contribution >= 4 is 23.0 Å². The van der Waals surface area contributed by atoms with Crippen molar-refractivity contribution in [2.45, 2.75) is 32.6 Å². The fourth-order valence-electron chi connectivity index (χ4n) is 3.34. The van der Waals surface area contributed by atoms with E-state index >= 15 is 0 Å². The Morgan fingerprint density at radius 1 is 1.22 bits per heavy atom. The maximum Gasteiger partial charge on any atom is 0.252 e. The zero-order valence-electron chi connectivity index (χ0n) is 13.7. The van der Waals surface area contributed by atoms with Crippen LogP contribution in [0.3, 0.4) is 0 Å². The molecule has 3 rings (SSSR count). The minimum Gasteiger partial charge on any atom is -0.351 e. The van der Waals surface area contributed by atoms with E-state index in [2.05, 4.69) is 31.3 Å². The largest absolute Gasteiger partial charge is 0.351 e. The van der Waals surface area contributed by atoms with Crippen LogP contribution >= 0.6 is 11.3 Å². The highest BCUT2D eigenvalue weighted by molar-refractivity contribution is 7.12. The minimum atomic E-state index is -0.105. The Kier molecular flexibility index (Phi) is 3.88. The summed E-state index contributed by atoms with van der Waals surface area (Å²) in [5, 5.41) is 4.81. The lowest BCUT2D eigenvalue weighted by Crippen LogP contribution is -2.34. The number of ketones is 1. The number of hydrogen-bond donors (Lipinski definition) is 1. The second-order valence-corrected chi connectivity index (χ2v) is 7.86. The molecule has 1 aromatic carbocycles. The molecule has 0 spiro atoms. The Morgan fingerprint density at radius 2 is 1.87 bits per heavy atom. The highest BCUT2D eigenvalue weighted by Crippen LogP contribution is 2.63. The van der Waals surface area contributed by atoms with E-state index in [1.807, 2.05) is 18.2 Å². The third-order valence-electron chi connectivity index (χ3n) is 5.00. The molecule has 0 saturated heterocycles. The van der Waals surface area contributed by atoms with E-state index < -0.39 is 0 Å². The van der Waals surface area contributed by atoms with Gasteiger partial charge in [-0.25, -0.2) is 0 Å². The van der Waals surface area contributed by atoms with Crippen LogP contribution in [0.2, 0.25) is 0 Å². The van der Waals surface area contributed by atoms with Crippen LogP contribution in [0.5, 0.6) is 0 Å². The van der Waals surface area contributed by atoms with Gasteiger partial charge in [0.2, 0.25) is 0 Å². The molecule has 1 atom stereocenters. The predicted octanol–water partition coefficient (Wildman–Crippen LogP) is 4.05. The van der Waals surface area contributed by atoms with Gasteiger partial charge in [0.1, 0.15) is 0 Å². The maximum absolute atomic E-state index is 12.4. The number of hydrogen-bond acceptors (Lipinski definition) is 3. The van der Waals surface area contributed by atoms with E-state index in [9.17, 15) is 9.59 Å². The highest BCUT2D eigenvalue weighted by atomic mass is 32.1. The van der Waals surface area contributed by atoms with Gasteiger partial charge in [-0.1, -0.05) is 44.2 Å². The molecule has 120 valence electrons. The van der Waals surface area contributed by atoms with Gasteiger partial charge in [0.15, 0.2) is 5.78 Å². The molecule has 23 heavy (non-hydrogen) atoms. The molecule has 1 aliphatic rings. The first kappa shape index (κ1) is 15.9. The first-order valence-corrected chi connectivity index (χ1v) is 8.67. The van der Waals surface area contributed by atoms with Crippen LogP contribution in [-0.4, -0.2) is 18.2 Å². The summed E-state index contributed by atoms with van der Waals surface area (Å²) in [5.74, 6) is -0.107. The summed E-state index contributed by atoms with van der Waals surface area (Å²) in [4.78, 5) is 24.4. The van der Waals surface area contributed by atoms with Crippen molar-refractivity contribution in [3.05, 3.63) is 57.8 Å². The van der Waals surface area contributed by atoms with Gasteiger partial charge in [0.05, 0.1) is 10.4 Å². The van der Waals surface area contributed by atoms with Crippen LogP contribution in [0.15, 0.2) is 41.8 Å². The van der Waals surface area contributed by atoms with Gasteiger partial charge in [0.25, 0.3) is 5.91 Å². The van der Waals surface area contributed by atoms with Crippen molar-refractivity contribution in [3.63, 3.8) is 0 Å². The number of benzene rings is 1. The van der Waals surface area contributed by atoms with Crippen LogP contribution in [0, 0.1) is 5.41 Å². The summed E-state index contributed by atoms with van der Waals surface area (Å²) in [7, 11) is 0. The molecule has 2 aromatic rings. The van der Waals surface area contributed by atoms with Crippen molar-refractivity contribution < 1.29 is 9.59 Å². The van der Waals surface area contributed by atoms with Gasteiger partial charge in [-0.05, 0) is 30.4 Å². The number of thiophene rings is 1. The molecular weight excluding hydrogens is 306 g/mol. The summed E-state index contributed by atoms with van der Waals surface area (Å²) in [6.45, 7) is 6.62. The molecule has 3 nitrogen and oxygen atoms in total. The number of carbonyl (C=O) groups excluding carboxylic acids is 2. The molecule has 1 unspecified atom stereocenters. The van der Waals surface area contributed by atoms with Gasteiger partial charge >= 0.3 is 0 Å². The van der Waals surface area contributed by atoms with Gasteiger partial charge in [0, 0.05) is 17.3 Å². The zero-order valence-corrected chi connectivity index (χ0v) is 14.5. The van der Waals surface area contributed by atoms with Crippen LogP contribution in [0.25, 0.3) is 0 Å². The first-order chi connectivity index (χ1) is 10.9. The normalized spacial score (nSPS) is 21.7. The van der Waals surface area contributed by atoms with Crippen molar-refractivity contribution in [1.82, 2.24) is 5.32 Å². The van der Waals surface area contributed by atoms with Crippen LogP contribution in [0.4, 0.5) is 0 Å². The summed E-state index contributed by atoms with van der Waals surface area (Å²) < 4.78 is 0. The minimum absolute atomic E-state index is 0.00173. The third kappa shape index (κ3) is 2.83. The average molecular weight is 327 g/mol. The Morgan fingerprint density at radius 3 is 2.39 bits per heavy atom. The van der Waals surface area contributed by atoms with Crippen molar-refractivity contribution in [1.29, 1.82) is 0 Å². The molecule has 0 aliphatic heterocycles. The van der Waals surface area contributed by atoms with Crippen molar-refractivity contribution in [2.75, 3.05) is 6.54 Å². The van der Waals surface area contributed by atoms with Gasteiger partial charge < -0.3 is 5.32 Å². The van der Waals surface area contributed by atoms with Crippen molar-refractivity contribution in [2.24, 2.45) is 5.41 Å². The Labute approximate surface area is 140 Å². The summed E-state index contributed by atoms with van der Waals surface area (Å²) in [6, 6.07) is 12.1. The summed E-state index contributed by atoms with van der Waals surface area (Å²) in [5.41, 5.74) is 2.03.